The van der Waals surface area contributed by atoms with Gasteiger partial charge in [-0.05, 0) is 24.6 Å². The maximum Gasteiger partial charge on any atom is 0.276 e. The van der Waals surface area contributed by atoms with Crippen LogP contribution in [0.3, 0.4) is 0 Å². The number of hydrogen-bond acceptors (Lipinski definition) is 3. The number of amides is 1. The first-order chi connectivity index (χ1) is 14.4. The van der Waals surface area contributed by atoms with Crippen LogP contribution in [-0.4, -0.2) is 24.1 Å². The van der Waals surface area contributed by atoms with E-state index in [1.807, 2.05) is 0 Å². The van der Waals surface area contributed by atoms with E-state index in [1.165, 1.54) is 64.2 Å². The Morgan fingerprint density at radius 2 is 1.30 bits per heavy atom. The van der Waals surface area contributed by atoms with Crippen LogP contribution in [0.2, 0.25) is 0 Å². The molecular formula is C24H40NO4S. The summed E-state index contributed by atoms with van der Waals surface area (Å²) in [5.74, 6) is -0.682. The van der Waals surface area contributed by atoms with Crippen LogP contribution in [0.15, 0.2) is 24.3 Å². The predicted molar refractivity (Wildman–Crippen MR) is 124 cm³/mol. The molecule has 1 atom stereocenters. The van der Waals surface area contributed by atoms with Crippen LogP contribution in [0, 0.1) is 6.07 Å². The minimum Gasteiger partial charge on any atom is -0.325 e. The first-order valence-corrected chi connectivity index (χ1v) is 13.2. The fourth-order valence-electron chi connectivity index (χ4n) is 3.63. The minimum absolute atomic E-state index is 0.141. The van der Waals surface area contributed by atoms with Crippen molar-refractivity contribution in [3.8, 4) is 0 Å². The number of hydrogen-bond donors (Lipinski definition) is 2. The van der Waals surface area contributed by atoms with Gasteiger partial charge >= 0.3 is 0 Å². The molecule has 2 N–H and O–H groups in total. The molecule has 171 valence electrons. The fourth-order valence-corrected chi connectivity index (χ4v) is 4.43. The lowest BCUT2D eigenvalue weighted by Crippen LogP contribution is -2.34. The molecule has 1 amide bonds. The van der Waals surface area contributed by atoms with Crippen LogP contribution < -0.4 is 5.32 Å². The van der Waals surface area contributed by atoms with Gasteiger partial charge in [0, 0.05) is 5.69 Å². The molecule has 0 spiro atoms. The second-order valence-corrected chi connectivity index (χ2v) is 9.77. The molecule has 0 aliphatic heterocycles. The second-order valence-electron chi connectivity index (χ2n) is 8.17. The number of rotatable bonds is 18. The molecule has 1 aromatic carbocycles. The van der Waals surface area contributed by atoms with Gasteiger partial charge in [-0.1, -0.05) is 109 Å². The van der Waals surface area contributed by atoms with Crippen molar-refractivity contribution < 1.29 is 17.8 Å². The first kappa shape index (κ1) is 26.6. The number of carbonyl (C=O) groups excluding carboxylic acids is 1. The maximum atomic E-state index is 12.3. The Labute approximate surface area is 183 Å². The van der Waals surface area contributed by atoms with Gasteiger partial charge in [-0.25, -0.2) is 0 Å². The highest BCUT2D eigenvalue weighted by molar-refractivity contribution is 7.87. The average molecular weight is 439 g/mol. The Morgan fingerprint density at radius 1 is 0.867 bits per heavy atom. The standard InChI is InChI=1S/C24H40NO4S/c1-2-3-4-5-6-7-8-9-10-11-12-13-14-18-21-23(30(27,28)29)24(26)25-22-19-16-15-17-20-22/h16-17,19-20,23H,2-14,18,21H2,1H3,(H,25,26)(H,27,28,29). The van der Waals surface area contributed by atoms with E-state index in [1.54, 1.807) is 24.3 Å². The van der Waals surface area contributed by atoms with Crippen LogP contribution in [0.1, 0.15) is 103 Å². The molecule has 1 aromatic rings. The van der Waals surface area contributed by atoms with Gasteiger partial charge < -0.3 is 5.32 Å². The molecule has 30 heavy (non-hydrogen) atoms. The number of nitrogens with one attached hydrogen (secondary N) is 1. The van der Waals surface area contributed by atoms with Gasteiger partial charge in [0.05, 0.1) is 0 Å². The van der Waals surface area contributed by atoms with Crippen LogP contribution in [0.4, 0.5) is 5.69 Å². The van der Waals surface area contributed by atoms with Gasteiger partial charge in [0.2, 0.25) is 5.91 Å². The lowest BCUT2D eigenvalue weighted by Gasteiger charge is -2.14. The summed E-state index contributed by atoms with van der Waals surface area (Å²) in [5, 5.41) is 1.13. The highest BCUT2D eigenvalue weighted by Gasteiger charge is 2.30. The van der Waals surface area contributed by atoms with Gasteiger partial charge in [-0.15, -0.1) is 0 Å². The van der Waals surface area contributed by atoms with E-state index in [0.717, 1.165) is 19.3 Å². The summed E-state index contributed by atoms with van der Waals surface area (Å²) in [4.78, 5) is 12.3. The lowest BCUT2D eigenvalue weighted by atomic mass is 10.0. The second kappa shape index (κ2) is 16.3. The molecular weight excluding hydrogens is 398 g/mol. The third-order valence-electron chi connectivity index (χ3n) is 5.46. The Morgan fingerprint density at radius 3 is 1.73 bits per heavy atom. The van der Waals surface area contributed by atoms with Crippen LogP contribution in [0.25, 0.3) is 0 Å². The monoisotopic (exact) mass is 438 g/mol. The molecule has 1 rings (SSSR count). The molecule has 0 fully saturated rings. The summed E-state index contributed by atoms with van der Waals surface area (Å²) in [6.07, 6.45) is 17.0. The molecule has 0 bridgehead atoms. The normalized spacial score (nSPS) is 12.6. The first-order valence-electron chi connectivity index (χ1n) is 11.7. The lowest BCUT2D eigenvalue weighted by molar-refractivity contribution is -0.116. The van der Waals surface area contributed by atoms with Crippen LogP contribution >= 0.6 is 0 Å². The van der Waals surface area contributed by atoms with Gasteiger partial charge in [0.15, 0.2) is 5.25 Å². The molecule has 0 heterocycles. The van der Waals surface area contributed by atoms with E-state index in [-0.39, 0.29) is 6.42 Å². The van der Waals surface area contributed by atoms with Gasteiger partial charge in [-0.2, -0.15) is 8.42 Å². The summed E-state index contributed by atoms with van der Waals surface area (Å²) in [6, 6.07) is 9.35. The Kier molecular flexibility index (Phi) is 14.5. The van der Waals surface area contributed by atoms with Crippen molar-refractivity contribution in [2.24, 2.45) is 0 Å². The summed E-state index contributed by atoms with van der Waals surface area (Å²) >= 11 is 0. The fraction of sp³-hybridized carbons (Fsp3) is 0.708. The van der Waals surface area contributed by atoms with Crippen LogP contribution in [0.5, 0.6) is 0 Å². The van der Waals surface area contributed by atoms with Gasteiger partial charge in [0.1, 0.15) is 0 Å². The van der Waals surface area contributed by atoms with Crippen molar-refractivity contribution in [1.82, 2.24) is 0 Å². The summed E-state index contributed by atoms with van der Waals surface area (Å²) in [5.41, 5.74) is 0.494. The van der Waals surface area contributed by atoms with E-state index in [4.69, 9.17) is 0 Å². The molecule has 5 nitrogen and oxygen atoms in total. The predicted octanol–water partition coefficient (Wildman–Crippen LogP) is 6.55. The zero-order valence-electron chi connectivity index (χ0n) is 18.6. The SMILES string of the molecule is CCCCCCCCCCCCCCCCC(C(=O)Nc1cc[c]cc1)S(=O)(=O)O. The van der Waals surface area contributed by atoms with Gasteiger partial charge in [0.25, 0.3) is 10.1 Å². The van der Waals surface area contributed by atoms with E-state index >= 15 is 0 Å². The average Bonchev–Trinajstić information content (AvgIpc) is 2.70. The molecule has 6 heteroatoms. The Hall–Kier alpha value is -1.40. The Bertz CT molecular complexity index is 661. The highest BCUT2D eigenvalue weighted by atomic mass is 32.2. The largest absolute Gasteiger partial charge is 0.325 e. The van der Waals surface area contributed by atoms with Crippen molar-refractivity contribution in [1.29, 1.82) is 0 Å². The van der Waals surface area contributed by atoms with Crippen molar-refractivity contribution in [2.75, 3.05) is 5.32 Å². The minimum atomic E-state index is -4.42. The third-order valence-corrected chi connectivity index (χ3v) is 6.63. The molecule has 0 aliphatic rings. The zero-order chi connectivity index (χ0) is 22.1. The molecule has 0 saturated heterocycles. The number of carbonyl (C=O) groups is 1. The number of benzene rings is 1. The van der Waals surface area contributed by atoms with Crippen molar-refractivity contribution in [3.63, 3.8) is 0 Å². The molecule has 0 aliphatic carbocycles. The summed E-state index contributed by atoms with van der Waals surface area (Å²) in [7, 11) is -4.42. The Balaban J connectivity index is 2.10. The molecule has 1 unspecified atom stereocenters. The van der Waals surface area contributed by atoms with Gasteiger partial charge in [-0.3, -0.25) is 9.35 Å². The van der Waals surface area contributed by atoms with E-state index < -0.39 is 21.3 Å². The van der Waals surface area contributed by atoms with Crippen molar-refractivity contribution in [3.05, 3.63) is 30.3 Å². The smallest absolute Gasteiger partial charge is 0.276 e. The third kappa shape index (κ3) is 13.0. The van der Waals surface area contributed by atoms with Crippen molar-refractivity contribution >= 4 is 21.7 Å². The number of unbranched alkanes of at least 4 members (excludes halogenated alkanes) is 13. The molecule has 0 saturated carbocycles. The quantitative estimate of drug-likeness (QED) is 0.201. The van der Waals surface area contributed by atoms with Crippen molar-refractivity contribution in [2.45, 2.75) is 108 Å². The van der Waals surface area contributed by atoms with E-state index in [9.17, 15) is 17.8 Å². The molecule has 1 radical (unpaired) electrons. The molecule has 0 aromatic heterocycles. The highest BCUT2D eigenvalue weighted by Crippen LogP contribution is 2.17. The topological polar surface area (TPSA) is 83.5 Å². The van der Waals surface area contributed by atoms with Crippen LogP contribution in [-0.2, 0) is 14.9 Å². The zero-order valence-corrected chi connectivity index (χ0v) is 19.4. The van der Waals surface area contributed by atoms with E-state index in [0.29, 0.717) is 12.1 Å². The number of anilines is 1. The summed E-state index contributed by atoms with van der Waals surface area (Å²) in [6.45, 7) is 2.24. The summed E-state index contributed by atoms with van der Waals surface area (Å²) < 4.78 is 32.7. The van der Waals surface area contributed by atoms with E-state index in [2.05, 4.69) is 18.3 Å². The maximum absolute atomic E-state index is 12.3.